The third kappa shape index (κ3) is 5.19. The first kappa shape index (κ1) is 17.7. The highest BCUT2D eigenvalue weighted by Gasteiger charge is 2.20. The van der Waals surface area contributed by atoms with Crippen LogP contribution in [-0.4, -0.2) is 48.3 Å². The van der Waals surface area contributed by atoms with Crippen LogP contribution in [-0.2, 0) is 6.42 Å². The lowest BCUT2D eigenvalue weighted by Gasteiger charge is -2.33. The number of anilines is 1. The summed E-state index contributed by atoms with van der Waals surface area (Å²) in [6.07, 6.45) is 2.89. The number of piperidine rings is 1. The Kier molecular flexibility index (Phi) is 6.27. The summed E-state index contributed by atoms with van der Waals surface area (Å²) < 4.78 is 5.13. The van der Waals surface area contributed by atoms with Gasteiger partial charge in [0.1, 0.15) is 0 Å². The van der Waals surface area contributed by atoms with Crippen LogP contribution in [0.25, 0.3) is 0 Å². The van der Waals surface area contributed by atoms with Gasteiger partial charge in [-0.25, -0.2) is 0 Å². The lowest BCUT2D eigenvalue weighted by atomic mass is 10.1. The van der Waals surface area contributed by atoms with Crippen molar-refractivity contribution >= 4 is 22.3 Å². The van der Waals surface area contributed by atoms with Crippen LogP contribution in [0, 0.1) is 6.92 Å². The van der Waals surface area contributed by atoms with E-state index in [1.807, 2.05) is 18.3 Å². The standard InChI is InChI=1S/C17H26N6OS/c1-3-18-17(19-9-6-15-20-13(2)22-24-15)21-14-7-10-23(11-8-14)16-5-4-12-25-16/h4-5,12,14H,3,6-11H2,1-2H3,(H2,18,19,21). The van der Waals surface area contributed by atoms with E-state index in [1.54, 1.807) is 0 Å². The molecule has 0 unspecified atom stereocenters. The second-order valence-electron chi connectivity index (χ2n) is 6.10. The fraction of sp³-hybridized carbons (Fsp3) is 0.588. The minimum atomic E-state index is 0.458. The Morgan fingerprint density at radius 1 is 1.44 bits per heavy atom. The summed E-state index contributed by atoms with van der Waals surface area (Å²) in [4.78, 5) is 11.3. The number of thiophene rings is 1. The van der Waals surface area contributed by atoms with Gasteiger partial charge in [-0.05, 0) is 44.2 Å². The predicted molar refractivity (Wildman–Crippen MR) is 101 cm³/mol. The number of rotatable bonds is 6. The molecule has 2 N–H and O–H groups in total. The normalized spacial score (nSPS) is 16.2. The highest BCUT2D eigenvalue weighted by molar-refractivity contribution is 7.14. The van der Waals surface area contributed by atoms with E-state index in [0.717, 1.165) is 38.4 Å². The number of hydrogen-bond acceptors (Lipinski definition) is 6. The van der Waals surface area contributed by atoms with Gasteiger partial charge in [-0.15, -0.1) is 11.3 Å². The van der Waals surface area contributed by atoms with Crippen LogP contribution in [0.4, 0.5) is 5.00 Å². The van der Waals surface area contributed by atoms with E-state index in [0.29, 0.717) is 30.7 Å². The molecule has 1 saturated heterocycles. The predicted octanol–water partition coefficient (Wildman–Crippen LogP) is 2.21. The molecule has 3 rings (SSSR count). The SMILES string of the molecule is CCNC(=NCCc1nc(C)no1)NC1CCN(c2cccs2)CC1. The average Bonchev–Trinajstić information content (AvgIpc) is 3.28. The molecule has 3 heterocycles. The highest BCUT2D eigenvalue weighted by Crippen LogP contribution is 2.24. The quantitative estimate of drug-likeness (QED) is 0.606. The van der Waals surface area contributed by atoms with Crippen molar-refractivity contribution in [3.05, 3.63) is 29.2 Å². The first-order chi connectivity index (χ1) is 12.2. The molecule has 0 saturated carbocycles. The molecule has 8 heteroatoms. The zero-order chi connectivity index (χ0) is 17.5. The van der Waals surface area contributed by atoms with Crippen LogP contribution in [0.2, 0.25) is 0 Å². The van der Waals surface area contributed by atoms with Crippen LogP contribution in [0.15, 0.2) is 27.0 Å². The molecule has 1 aliphatic rings. The number of aryl methyl sites for hydroxylation is 1. The molecule has 0 aromatic carbocycles. The fourth-order valence-electron chi connectivity index (χ4n) is 2.91. The molecule has 0 bridgehead atoms. The van der Waals surface area contributed by atoms with Gasteiger partial charge in [-0.2, -0.15) is 4.98 Å². The van der Waals surface area contributed by atoms with Crippen molar-refractivity contribution < 1.29 is 4.52 Å². The second kappa shape index (κ2) is 8.84. The van der Waals surface area contributed by atoms with Crippen molar-refractivity contribution in [3.8, 4) is 0 Å². The van der Waals surface area contributed by atoms with Crippen LogP contribution in [0.3, 0.4) is 0 Å². The van der Waals surface area contributed by atoms with Gasteiger partial charge in [0.05, 0.1) is 11.5 Å². The smallest absolute Gasteiger partial charge is 0.228 e. The average molecular weight is 363 g/mol. The monoisotopic (exact) mass is 362 g/mol. The minimum absolute atomic E-state index is 0.458. The molecule has 0 aliphatic carbocycles. The van der Waals surface area contributed by atoms with Gasteiger partial charge >= 0.3 is 0 Å². The van der Waals surface area contributed by atoms with E-state index < -0.39 is 0 Å². The molecule has 2 aromatic rings. The molecular formula is C17H26N6OS. The lowest BCUT2D eigenvalue weighted by Crippen LogP contribution is -2.48. The van der Waals surface area contributed by atoms with E-state index >= 15 is 0 Å². The summed E-state index contributed by atoms with van der Waals surface area (Å²) >= 11 is 1.81. The summed E-state index contributed by atoms with van der Waals surface area (Å²) in [6, 6.07) is 4.77. The van der Waals surface area contributed by atoms with Gasteiger partial charge in [0, 0.05) is 32.1 Å². The van der Waals surface area contributed by atoms with Crippen LogP contribution in [0.5, 0.6) is 0 Å². The maximum absolute atomic E-state index is 5.13. The zero-order valence-corrected chi connectivity index (χ0v) is 15.7. The molecule has 0 atom stereocenters. The van der Waals surface area contributed by atoms with Crippen LogP contribution in [0.1, 0.15) is 31.5 Å². The Labute approximate surface area is 152 Å². The Hall–Kier alpha value is -2.09. The molecule has 1 aliphatic heterocycles. The first-order valence-corrected chi connectivity index (χ1v) is 9.75. The molecule has 7 nitrogen and oxygen atoms in total. The van der Waals surface area contributed by atoms with E-state index in [2.05, 4.69) is 55.1 Å². The lowest BCUT2D eigenvalue weighted by molar-refractivity contribution is 0.376. The molecule has 0 spiro atoms. The number of aromatic nitrogens is 2. The third-order valence-corrected chi connectivity index (χ3v) is 5.09. The van der Waals surface area contributed by atoms with E-state index in [9.17, 15) is 0 Å². The van der Waals surface area contributed by atoms with E-state index in [4.69, 9.17) is 4.52 Å². The molecule has 136 valence electrons. The van der Waals surface area contributed by atoms with Gasteiger partial charge in [0.15, 0.2) is 11.8 Å². The van der Waals surface area contributed by atoms with Gasteiger partial charge in [-0.3, -0.25) is 4.99 Å². The summed E-state index contributed by atoms with van der Waals surface area (Å²) in [5.41, 5.74) is 0. The van der Waals surface area contributed by atoms with Gasteiger partial charge in [0.25, 0.3) is 0 Å². The topological polar surface area (TPSA) is 78.6 Å². The van der Waals surface area contributed by atoms with Crippen molar-refractivity contribution in [1.82, 2.24) is 20.8 Å². The first-order valence-electron chi connectivity index (χ1n) is 8.87. The Bertz CT molecular complexity index is 660. The maximum atomic E-state index is 5.13. The number of guanidine groups is 1. The molecule has 0 amide bonds. The van der Waals surface area contributed by atoms with E-state index in [-0.39, 0.29) is 0 Å². The van der Waals surface area contributed by atoms with Crippen LogP contribution >= 0.6 is 11.3 Å². The van der Waals surface area contributed by atoms with Crippen molar-refractivity contribution in [1.29, 1.82) is 0 Å². The minimum Gasteiger partial charge on any atom is -0.363 e. The third-order valence-electron chi connectivity index (χ3n) is 4.16. The number of hydrogen-bond donors (Lipinski definition) is 2. The van der Waals surface area contributed by atoms with E-state index in [1.165, 1.54) is 5.00 Å². The largest absolute Gasteiger partial charge is 0.363 e. The van der Waals surface area contributed by atoms with Crippen LogP contribution < -0.4 is 15.5 Å². The fourth-order valence-corrected chi connectivity index (χ4v) is 3.70. The highest BCUT2D eigenvalue weighted by atomic mass is 32.1. The summed E-state index contributed by atoms with van der Waals surface area (Å²) in [5, 5.41) is 14.2. The Morgan fingerprint density at radius 3 is 2.92 bits per heavy atom. The second-order valence-corrected chi connectivity index (χ2v) is 7.03. The molecular weight excluding hydrogens is 336 g/mol. The number of nitrogens with zero attached hydrogens (tertiary/aromatic N) is 4. The van der Waals surface area contributed by atoms with Gasteiger partial charge in [0.2, 0.25) is 5.89 Å². The maximum Gasteiger partial charge on any atom is 0.228 e. The Morgan fingerprint density at radius 2 is 2.28 bits per heavy atom. The Balaban J connectivity index is 1.47. The summed E-state index contributed by atoms with van der Waals surface area (Å²) in [7, 11) is 0. The summed E-state index contributed by atoms with van der Waals surface area (Å²) in [5.74, 6) is 2.18. The molecule has 25 heavy (non-hydrogen) atoms. The number of nitrogens with one attached hydrogen (secondary N) is 2. The van der Waals surface area contributed by atoms with Crippen molar-refractivity contribution in [3.63, 3.8) is 0 Å². The molecule has 2 aromatic heterocycles. The van der Waals surface area contributed by atoms with Gasteiger partial charge < -0.3 is 20.1 Å². The molecule has 0 radical (unpaired) electrons. The summed E-state index contributed by atoms with van der Waals surface area (Å²) in [6.45, 7) is 7.55. The zero-order valence-electron chi connectivity index (χ0n) is 14.9. The molecule has 1 fully saturated rings. The number of aliphatic imine (C=N–C) groups is 1. The van der Waals surface area contributed by atoms with Crippen molar-refractivity contribution in [2.24, 2.45) is 4.99 Å². The van der Waals surface area contributed by atoms with Gasteiger partial charge in [-0.1, -0.05) is 5.16 Å². The van der Waals surface area contributed by atoms with Crippen molar-refractivity contribution in [2.75, 3.05) is 31.1 Å². The van der Waals surface area contributed by atoms with Crippen molar-refractivity contribution in [2.45, 2.75) is 39.2 Å².